The van der Waals surface area contributed by atoms with Crippen LogP contribution in [-0.4, -0.2) is 73.7 Å². The van der Waals surface area contributed by atoms with E-state index in [0.717, 1.165) is 66.1 Å². The topological polar surface area (TPSA) is 103 Å². The fourth-order valence-electron chi connectivity index (χ4n) is 5.66. The van der Waals surface area contributed by atoms with Crippen LogP contribution in [0.1, 0.15) is 23.7 Å². The molecule has 11 nitrogen and oxygen atoms in total. The Hall–Kier alpha value is -4.77. The molecule has 0 bridgehead atoms. The van der Waals surface area contributed by atoms with Crippen LogP contribution >= 0.6 is 0 Å². The van der Waals surface area contributed by atoms with E-state index in [1.54, 1.807) is 21.7 Å². The average molecular weight is 534 g/mol. The van der Waals surface area contributed by atoms with Crippen LogP contribution in [0.2, 0.25) is 0 Å². The third-order valence-corrected chi connectivity index (χ3v) is 7.75. The highest BCUT2D eigenvalue weighted by Crippen LogP contribution is 2.42. The second-order valence-electron chi connectivity index (χ2n) is 10.2. The lowest BCUT2D eigenvalue weighted by atomic mass is 9.82. The van der Waals surface area contributed by atoms with Gasteiger partial charge in [-0.1, -0.05) is 6.92 Å². The highest BCUT2D eigenvalue weighted by molar-refractivity contribution is 5.96. The predicted octanol–water partition coefficient (Wildman–Crippen LogP) is 2.91. The first-order chi connectivity index (χ1) is 19.6. The number of piperazine rings is 1. The standard InChI is InChI=1S/C29H31N11/c1-3-24-27(26-7-5-14-32-40(26)36-24)29(23-20-33-39-25(23)6-4-13-31-39)12-15-30-28(35-29)34-21-8-10-22(11-9-21)38-18-16-37(2)17-19-38/h4-15,20H,3,16-19H2,1-2H3,(H2,30,34,35). The molecule has 0 spiro atoms. The molecule has 1 unspecified atom stereocenters. The van der Waals surface area contributed by atoms with Crippen molar-refractivity contribution < 1.29 is 0 Å². The Labute approximate surface area is 231 Å². The molecule has 4 aromatic heterocycles. The van der Waals surface area contributed by atoms with E-state index in [2.05, 4.69) is 80.0 Å². The summed E-state index contributed by atoms with van der Waals surface area (Å²) in [7, 11) is 2.17. The summed E-state index contributed by atoms with van der Waals surface area (Å²) in [6.07, 6.45) is 10.1. The molecule has 2 aliphatic heterocycles. The van der Waals surface area contributed by atoms with Crippen molar-refractivity contribution in [2.24, 2.45) is 4.99 Å². The molecule has 5 aromatic rings. The zero-order valence-electron chi connectivity index (χ0n) is 22.6. The molecule has 0 saturated carbocycles. The summed E-state index contributed by atoms with van der Waals surface area (Å²) in [5.74, 6) is 0.628. The lowest BCUT2D eigenvalue weighted by molar-refractivity contribution is 0.313. The van der Waals surface area contributed by atoms with Gasteiger partial charge in [-0.3, -0.25) is 0 Å². The van der Waals surface area contributed by atoms with Gasteiger partial charge in [-0.2, -0.15) is 29.7 Å². The van der Waals surface area contributed by atoms with E-state index in [1.807, 2.05) is 36.7 Å². The van der Waals surface area contributed by atoms with Crippen molar-refractivity contribution in [3.05, 3.63) is 96.2 Å². The van der Waals surface area contributed by atoms with E-state index < -0.39 is 5.54 Å². The van der Waals surface area contributed by atoms with Crippen molar-refractivity contribution in [2.75, 3.05) is 43.4 Å². The Bertz CT molecular complexity index is 1720. The van der Waals surface area contributed by atoms with Crippen LogP contribution in [0.25, 0.3) is 11.0 Å². The third-order valence-electron chi connectivity index (χ3n) is 7.75. The number of fused-ring (bicyclic) bond motifs is 2. The predicted molar refractivity (Wildman–Crippen MR) is 156 cm³/mol. The maximum atomic E-state index is 5.35. The number of guanidine groups is 1. The van der Waals surface area contributed by atoms with Crippen molar-refractivity contribution in [3.8, 4) is 0 Å². The van der Waals surface area contributed by atoms with E-state index >= 15 is 0 Å². The summed E-state index contributed by atoms with van der Waals surface area (Å²) in [6.45, 7) is 6.33. The number of nitrogens with one attached hydrogen (secondary N) is 2. The smallest absolute Gasteiger partial charge is 0.201 e. The monoisotopic (exact) mass is 533 g/mol. The van der Waals surface area contributed by atoms with Gasteiger partial charge in [0.15, 0.2) is 0 Å². The number of anilines is 2. The number of benzene rings is 1. The zero-order chi connectivity index (χ0) is 27.1. The molecule has 7 rings (SSSR count). The fraction of sp³-hybridized carbons (Fsp3) is 0.276. The van der Waals surface area contributed by atoms with Gasteiger partial charge in [0.2, 0.25) is 5.96 Å². The SMILES string of the molecule is CCc1nn2ncccc2c1C1(c2cnn3ncccc23)C=CNC(Nc2ccc(N3CCN(C)CC3)cc2)=N1. The second-order valence-corrected chi connectivity index (χ2v) is 10.2. The highest BCUT2D eigenvalue weighted by atomic mass is 15.4. The normalized spacial score (nSPS) is 19.6. The molecule has 0 radical (unpaired) electrons. The minimum Gasteiger partial charge on any atom is -0.369 e. The second kappa shape index (κ2) is 9.76. The number of nitrogens with zero attached hydrogens (tertiary/aromatic N) is 9. The molecule has 11 heteroatoms. The zero-order valence-corrected chi connectivity index (χ0v) is 22.6. The molecule has 202 valence electrons. The van der Waals surface area contributed by atoms with Crippen LogP contribution in [0.15, 0.2) is 84.4 Å². The van der Waals surface area contributed by atoms with Gasteiger partial charge < -0.3 is 20.4 Å². The summed E-state index contributed by atoms with van der Waals surface area (Å²) in [5.41, 5.74) is 5.86. The number of aliphatic imine (C=N–C) groups is 1. The Kier molecular flexibility index (Phi) is 5.93. The fourth-order valence-corrected chi connectivity index (χ4v) is 5.66. The van der Waals surface area contributed by atoms with E-state index in [4.69, 9.17) is 10.1 Å². The Morgan fingerprint density at radius 1 is 0.900 bits per heavy atom. The minimum absolute atomic E-state index is 0.628. The van der Waals surface area contributed by atoms with Crippen molar-refractivity contribution in [1.29, 1.82) is 0 Å². The van der Waals surface area contributed by atoms with Gasteiger partial charge in [0.05, 0.1) is 22.9 Å². The molecule has 1 aromatic carbocycles. The Balaban J connectivity index is 1.32. The van der Waals surface area contributed by atoms with E-state index in [9.17, 15) is 0 Å². The van der Waals surface area contributed by atoms with Gasteiger partial charge in [0, 0.05) is 67.3 Å². The quantitative estimate of drug-likeness (QED) is 0.356. The highest BCUT2D eigenvalue weighted by Gasteiger charge is 2.41. The van der Waals surface area contributed by atoms with E-state index in [0.29, 0.717) is 5.96 Å². The van der Waals surface area contributed by atoms with Gasteiger partial charge in [0.25, 0.3) is 0 Å². The third kappa shape index (κ3) is 4.06. The Morgan fingerprint density at radius 2 is 1.65 bits per heavy atom. The summed E-state index contributed by atoms with van der Waals surface area (Å²) < 4.78 is 3.33. The summed E-state index contributed by atoms with van der Waals surface area (Å²) >= 11 is 0. The molecule has 0 aliphatic carbocycles. The number of likely N-dealkylation sites (N-methyl/N-ethyl adjacent to an activating group) is 1. The van der Waals surface area contributed by atoms with Crippen molar-refractivity contribution in [1.82, 2.24) is 39.9 Å². The van der Waals surface area contributed by atoms with Gasteiger partial charge in [-0.25, -0.2) is 4.99 Å². The molecular weight excluding hydrogens is 502 g/mol. The van der Waals surface area contributed by atoms with Crippen LogP contribution in [0.4, 0.5) is 11.4 Å². The molecule has 1 fully saturated rings. The molecule has 6 heterocycles. The van der Waals surface area contributed by atoms with Crippen molar-refractivity contribution >= 4 is 28.4 Å². The van der Waals surface area contributed by atoms with Gasteiger partial charge in [0.1, 0.15) is 5.54 Å². The van der Waals surface area contributed by atoms with Crippen LogP contribution in [0, 0.1) is 0 Å². The largest absolute Gasteiger partial charge is 0.369 e. The van der Waals surface area contributed by atoms with E-state index in [1.165, 1.54) is 5.69 Å². The first-order valence-corrected chi connectivity index (χ1v) is 13.6. The summed E-state index contributed by atoms with van der Waals surface area (Å²) in [5, 5.41) is 25.1. The summed E-state index contributed by atoms with van der Waals surface area (Å²) in [4.78, 5) is 10.1. The average Bonchev–Trinajstić information content (AvgIpc) is 3.61. The Morgan fingerprint density at radius 3 is 2.42 bits per heavy atom. The molecule has 1 saturated heterocycles. The lowest BCUT2D eigenvalue weighted by Crippen LogP contribution is -2.44. The van der Waals surface area contributed by atoms with Gasteiger partial charge in [-0.05, 0) is 68.1 Å². The van der Waals surface area contributed by atoms with Crippen LogP contribution in [0.5, 0.6) is 0 Å². The summed E-state index contributed by atoms with van der Waals surface area (Å²) in [6, 6.07) is 16.5. The maximum absolute atomic E-state index is 5.35. The molecule has 1 atom stereocenters. The van der Waals surface area contributed by atoms with Crippen LogP contribution < -0.4 is 15.5 Å². The lowest BCUT2D eigenvalue weighted by Gasteiger charge is -2.34. The number of rotatable bonds is 5. The molecule has 0 amide bonds. The number of hydrogen-bond donors (Lipinski definition) is 2. The molecule has 2 N–H and O–H groups in total. The number of aromatic nitrogens is 6. The first kappa shape index (κ1) is 24.3. The van der Waals surface area contributed by atoms with Gasteiger partial charge in [-0.15, -0.1) is 0 Å². The maximum Gasteiger partial charge on any atom is 0.201 e. The van der Waals surface area contributed by atoms with E-state index in [-0.39, 0.29) is 0 Å². The van der Waals surface area contributed by atoms with Crippen molar-refractivity contribution in [3.63, 3.8) is 0 Å². The van der Waals surface area contributed by atoms with Gasteiger partial charge >= 0.3 is 0 Å². The minimum atomic E-state index is -0.908. The van der Waals surface area contributed by atoms with Crippen LogP contribution in [0.3, 0.4) is 0 Å². The molecular formula is C29H31N11. The van der Waals surface area contributed by atoms with Crippen molar-refractivity contribution in [2.45, 2.75) is 18.9 Å². The first-order valence-electron chi connectivity index (χ1n) is 13.6. The molecule has 2 aliphatic rings. The number of aryl methyl sites for hydroxylation is 1. The number of hydrogen-bond acceptors (Lipinski definition) is 9. The van der Waals surface area contributed by atoms with Crippen LogP contribution in [-0.2, 0) is 12.0 Å². The molecule has 40 heavy (non-hydrogen) atoms.